The number of rotatable bonds is 6. The van der Waals surface area contributed by atoms with Gasteiger partial charge in [-0.25, -0.2) is 0 Å². The molecule has 0 radical (unpaired) electrons. The summed E-state index contributed by atoms with van der Waals surface area (Å²) in [6.45, 7) is 6.30. The van der Waals surface area contributed by atoms with Crippen LogP contribution in [0.15, 0.2) is 30.5 Å². The fourth-order valence-corrected chi connectivity index (χ4v) is 3.08. The minimum absolute atomic E-state index is 0.156. The highest BCUT2D eigenvalue weighted by Crippen LogP contribution is 2.42. The Morgan fingerprint density at radius 2 is 2.08 bits per heavy atom. The highest BCUT2D eigenvalue weighted by Gasteiger charge is 2.33. The third-order valence-electron chi connectivity index (χ3n) is 4.54. The van der Waals surface area contributed by atoms with Gasteiger partial charge in [-0.15, -0.1) is 0 Å². The van der Waals surface area contributed by atoms with Crippen LogP contribution in [0.25, 0.3) is 0 Å². The van der Waals surface area contributed by atoms with Crippen molar-refractivity contribution in [2.45, 2.75) is 51.7 Å². The number of carbonyl (C=O) groups excluding carboxylic acids is 1. The number of hydrogen-bond donors (Lipinski definition) is 2. The number of aryl methyl sites for hydroxylation is 1. The fraction of sp³-hybridized carbons (Fsp3) is 0.474. The van der Waals surface area contributed by atoms with E-state index in [9.17, 15) is 9.90 Å². The van der Waals surface area contributed by atoms with Crippen LogP contribution in [-0.4, -0.2) is 27.3 Å². The minimum atomic E-state index is -0.709. The Bertz CT molecular complexity index is 732. The molecule has 1 unspecified atom stereocenters. The Labute approximate surface area is 142 Å². The molecule has 0 bridgehead atoms. The van der Waals surface area contributed by atoms with Crippen molar-refractivity contribution in [1.29, 1.82) is 0 Å². The molecule has 0 spiro atoms. The van der Waals surface area contributed by atoms with Crippen LogP contribution >= 0.6 is 0 Å². The summed E-state index contributed by atoms with van der Waals surface area (Å²) in [5.41, 5.74) is 3.54. The van der Waals surface area contributed by atoms with Gasteiger partial charge in [0, 0.05) is 18.5 Å². The van der Waals surface area contributed by atoms with Crippen LogP contribution in [0, 0.1) is 6.92 Å². The lowest BCUT2D eigenvalue weighted by atomic mass is 10.0. The van der Waals surface area contributed by atoms with Crippen LogP contribution in [0.4, 0.5) is 0 Å². The molecule has 128 valence electrons. The molecular weight excluding hydrogens is 302 g/mol. The Balaban J connectivity index is 1.71. The first kappa shape index (κ1) is 16.7. The summed E-state index contributed by atoms with van der Waals surface area (Å²) in [6.07, 6.45) is 3.18. The molecule has 1 aromatic heterocycles. The van der Waals surface area contributed by atoms with Crippen LogP contribution in [0.1, 0.15) is 71.9 Å². The van der Waals surface area contributed by atoms with E-state index in [-0.39, 0.29) is 18.5 Å². The number of aliphatic hydroxyl groups excluding tert-OH is 1. The van der Waals surface area contributed by atoms with Crippen LogP contribution < -0.4 is 5.32 Å². The van der Waals surface area contributed by atoms with Crippen molar-refractivity contribution in [1.82, 2.24) is 15.1 Å². The third-order valence-corrected chi connectivity index (χ3v) is 4.54. The minimum Gasteiger partial charge on any atom is -0.387 e. The van der Waals surface area contributed by atoms with E-state index in [0.29, 0.717) is 11.5 Å². The van der Waals surface area contributed by atoms with Gasteiger partial charge in [0.15, 0.2) is 0 Å². The summed E-state index contributed by atoms with van der Waals surface area (Å²) in [5.74, 6) is 0.286. The lowest BCUT2D eigenvalue weighted by Crippen LogP contribution is -2.29. The van der Waals surface area contributed by atoms with Crippen molar-refractivity contribution in [3.05, 3.63) is 52.8 Å². The first-order chi connectivity index (χ1) is 11.5. The van der Waals surface area contributed by atoms with E-state index >= 15 is 0 Å². The van der Waals surface area contributed by atoms with E-state index in [0.717, 1.165) is 29.7 Å². The summed E-state index contributed by atoms with van der Waals surface area (Å²) >= 11 is 0. The number of amides is 1. The van der Waals surface area contributed by atoms with Gasteiger partial charge < -0.3 is 10.4 Å². The smallest absolute Gasteiger partial charge is 0.254 e. The standard InChI is InChI=1S/C19H25N3O2/c1-12(2)22-18(14-8-9-14)16(10-21-22)19(24)20-11-17(23)15-7-5-4-6-13(15)3/h4-7,10,12,14,17,23H,8-9,11H2,1-3H3,(H,20,24). The molecule has 2 aromatic rings. The highest BCUT2D eigenvalue weighted by atomic mass is 16.3. The summed E-state index contributed by atoms with van der Waals surface area (Å²) in [5, 5.41) is 17.6. The monoisotopic (exact) mass is 327 g/mol. The van der Waals surface area contributed by atoms with E-state index in [2.05, 4.69) is 24.3 Å². The molecule has 1 saturated carbocycles. The zero-order valence-electron chi connectivity index (χ0n) is 14.5. The number of carbonyl (C=O) groups is 1. The van der Waals surface area contributed by atoms with Crippen molar-refractivity contribution in [2.24, 2.45) is 0 Å². The van der Waals surface area contributed by atoms with Gasteiger partial charge in [0.25, 0.3) is 5.91 Å². The van der Waals surface area contributed by atoms with E-state index < -0.39 is 6.10 Å². The predicted molar refractivity (Wildman–Crippen MR) is 93.1 cm³/mol. The van der Waals surface area contributed by atoms with E-state index in [4.69, 9.17) is 0 Å². The third kappa shape index (κ3) is 3.36. The summed E-state index contributed by atoms with van der Waals surface area (Å²) in [4.78, 5) is 12.6. The topological polar surface area (TPSA) is 67.2 Å². The molecule has 1 aromatic carbocycles. The maximum absolute atomic E-state index is 12.6. The number of aromatic nitrogens is 2. The number of nitrogens with zero attached hydrogens (tertiary/aromatic N) is 2. The molecule has 24 heavy (non-hydrogen) atoms. The highest BCUT2D eigenvalue weighted by molar-refractivity contribution is 5.95. The first-order valence-corrected chi connectivity index (χ1v) is 8.58. The molecule has 1 amide bonds. The van der Waals surface area contributed by atoms with Crippen molar-refractivity contribution in [3.8, 4) is 0 Å². The zero-order valence-corrected chi connectivity index (χ0v) is 14.5. The van der Waals surface area contributed by atoms with Crippen molar-refractivity contribution >= 4 is 5.91 Å². The Morgan fingerprint density at radius 1 is 1.38 bits per heavy atom. The molecule has 1 heterocycles. The first-order valence-electron chi connectivity index (χ1n) is 8.58. The van der Waals surface area contributed by atoms with Gasteiger partial charge in [-0.3, -0.25) is 9.48 Å². The quantitative estimate of drug-likeness (QED) is 0.856. The summed E-state index contributed by atoms with van der Waals surface area (Å²) in [6, 6.07) is 7.91. The number of benzene rings is 1. The molecular formula is C19H25N3O2. The van der Waals surface area contributed by atoms with Gasteiger partial charge in [0.05, 0.1) is 23.6 Å². The summed E-state index contributed by atoms with van der Waals surface area (Å²) in [7, 11) is 0. The fourth-order valence-electron chi connectivity index (χ4n) is 3.08. The van der Waals surface area contributed by atoms with Crippen LogP contribution in [0.3, 0.4) is 0 Å². The Kier molecular flexibility index (Phi) is 4.71. The molecule has 2 N–H and O–H groups in total. The SMILES string of the molecule is Cc1ccccc1C(O)CNC(=O)c1cnn(C(C)C)c1C1CC1. The van der Waals surface area contributed by atoms with E-state index in [1.807, 2.05) is 35.9 Å². The lowest BCUT2D eigenvalue weighted by Gasteiger charge is -2.15. The largest absolute Gasteiger partial charge is 0.387 e. The molecule has 0 saturated heterocycles. The molecule has 3 rings (SSSR count). The van der Waals surface area contributed by atoms with Crippen molar-refractivity contribution in [3.63, 3.8) is 0 Å². The molecule has 5 nitrogen and oxygen atoms in total. The van der Waals surface area contributed by atoms with Crippen molar-refractivity contribution in [2.75, 3.05) is 6.54 Å². The molecule has 5 heteroatoms. The predicted octanol–water partition coefficient (Wildman–Crippen LogP) is 3.11. The van der Waals surface area contributed by atoms with Gasteiger partial charge >= 0.3 is 0 Å². The summed E-state index contributed by atoms with van der Waals surface area (Å²) < 4.78 is 1.95. The van der Waals surface area contributed by atoms with Gasteiger partial charge in [0.2, 0.25) is 0 Å². The number of aliphatic hydroxyl groups is 1. The number of nitrogens with one attached hydrogen (secondary N) is 1. The van der Waals surface area contributed by atoms with Crippen LogP contribution in [0.2, 0.25) is 0 Å². The average molecular weight is 327 g/mol. The van der Waals surface area contributed by atoms with Gasteiger partial charge in [0.1, 0.15) is 0 Å². The molecule has 1 fully saturated rings. The molecule has 1 aliphatic rings. The average Bonchev–Trinajstić information content (AvgIpc) is 3.30. The normalized spacial score (nSPS) is 15.5. The lowest BCUT2D eigenvalue weighted by molar-refractivity contribution is 0.0914. The Morgan fingerprint density at radius 3 is 2.71 bits per heavy atom. The molecule has 1 atom stereocenters. The van der Waals surface area contributed by atoms with Gasteiger partial charge in [-0.1, -0.05) is 24.3 Å². The molecule has 1 aliphatic carbocycles. The van der Waals surface area contributed by atoms with E-state index in [1.54, 1.807) is 6.20 Å². The second-order valence-electron chi connectivity index (χ2n) is 6.84. The van der Waals surface area contributed by atoms with E-state index in [1.165, 1.54) is 0 Å². The van der Waals surface area contributed by atoms with Crippen molar-refractivity contribution < 1.29 is 9.90 Å². The second kappa shape index (κ2) is 6.77. The van der Waals surface area contributed by atoms with Gasteiger partial charge in [-0.05, 0) is 44.7 Å². The maximum Gasteiger partial charge on any atom is 0.254 e. The second-order valence-corrected chi connectivity index (χ2v) is 6.84. The van der Waals surface area contributed by atoms with Crippen LogP contribution in [-0.2, 0) is 0 Å². The zero-order chi connectivity index (χ0) is 17.3. The maximum atomic E-state index is 12.6. The van der Waals surface area contributed by atoms with Crippen LogP contribution in [0.5, 0.6) is 0 Å². The number of hydrogen-bond acceptors (Lipinski definition) is 3. The Hall–Kier alpha value is -2.14. The van der Waals surface area contributed by atoms with Gasteiger partial charge in [-0.2, -0.15) is 5.10 Å². The molecule has 0 aliphatic heterocycles.